The number of hydrogen-bond donors (Lipinski definition) is 3. The summed E-state index contributed by atoms with van der Waals surface area (Å²) in [6.07, 6.45) is 3.06. The molecular formula is C23H27ClO6. The van der Waals surface area contributed by atoms with E-state index >= 15 is 0 Å². The van der Waals surface area contributed by atoms with Gasteiger partial charge in [0.15, 0.2) is 0 Å². The quantitative estimate of drug-likeness (QED) is 0.306. The minimum absolute atomic E-state index is 0.0854. The lowest BCUT2D eigenvalue weighted by atomic mass is 9.96. The first-order valence-electron chi connectivity index (χ1n) is 9.98. The van der Waals surface area contributed by atoms with E-state index in [4.69, 9.17) is 26.6 Å². The number of ether oxygens (including phenoxy) is 1. The van der Waals surface area contributed by atoms with Crippen molar-refractivity contribution in [3.63, 3.8) is 0 Å². The van der Waals surface area contributed by atoms with Gasteiger partial charge in [0, 0.05) is 29.8 Å². The number of phenols is 1. The molecule has 0 aromatic heterocycles. The number of carbonyl (C=O) groups is 2. The number of carboxylic acids is 2. The molecule has 0 bridgehead atoms. The van der Waals surface area contributed by atoms with Crippen LogP contribution in [0, 0.1) is 0 Å². The summed E-state index contributed by atoms with van der Waals surface area (Å²) in [7, 11) is 0. The Morgan fingerprint density at radius 3 is 1.97 bits per heavy atom. The molecular weight excluding hydrogens is 408 g/mol. The molecule has 30 heavy (non-hydrogen) atoms. The first-order chi connectivity index (χ1) is 14.4. The Balaban J connectivity index is 2.32. The number of hydrogen-bond acceptors (Lipinski definition) is 4. The molecule has 0 radical (unpaired) electrons. The normalized spacial score (nSPS) is 10.7. The second-order valence-electron chi connectivity index (χ2n) is 7.07. The molecule has 0 fully saturated rings. The van der Waals surface area contributed by atoms with E-state index in [2.05, 4.69) is 0 Å². The van der Waals surface area contributed by atoms with E-state index in [1.807, 2.05) is 24.3 Å². The lowest BCUT2D eigenvalue weighted by molar-refractivity contribution is -0.138. The lowest BCUT2D eigenvalue weighted by Gasteiger charge is -2.15. The molecule has 3 N–H and O–H groups in total. The summed E-state index contributed by atoms with van der Waals surface area (Å²) in [4.78, 5) is 21.6. The number of aliphatic carboxylic acids is 2. The number of alkyl halides is 1. The van der Waals surface area contributed by atoms with Crippen molar-refractivity contribution in [3.8, 4) is 22.6 Å². The van der Waals surface area contributed by atoms with E-state index in [0.29, 0.717) is 55.9 Å². The lowest BCUT2D eigenvalue weighted by Crippen LogP contribution is -2.01. The molecule has 0 aliphatic carbocycles. The highest BCUT2D eigenvalue weighted by atomic mass is 35.5. The van der Waals surface area contributed by atoms with Gasteiger partial charge in [-0.3, -0.25) is 9.59 Å². The topological polar surface area (TPSA) is 104 Å². The average Bonchev–Trinajstić information content (AvgIpc) is 2.70. The fourth-order valence-corrected chi connectivity index (χ4v) is 3.26. The van der Waals surface area contributed by atoms with Crippen LogP contribution in [0.5, 0.6) is 11.5 Å². The van der Waals surface area contributed by atoms with Crippen LogP contribution in [0.1, 0.15) is 43.2 Å². The summed E-state index contributed by atoms with van der Waals surface area (Å²) in [6.45, 7) is 0.438. The van der Waals surface area contributed by atoms with Crippen molar-refractivity contribution in [3.05, 3.63) is 47.5 Å². The maximum absolute atomic E-state index is 10.8. The third-order valence-corrected chi connectivity index (χ3v) is 4.91. The van der Waals surface area contributed by atoms with E-state index < -0.39 is 11.9 Å². The molecule has 0 amide bonds. The van der Waals surface area contributed by atoms with E-state index in [1.165, 1.54) is 0 Å². The highest BCUT2D eigenvalue weighted by molar-refractivity contribution is 6.17. The number of rotatable bonds is 13. The smallest absolute Gasteiger partial charge is 0.303 e. The highest BCUT2D eigenvalue weighted by Crippen LogP contribution is 2.38. The number of aryl methyl sites for hydroxylation is 2. The van der Waals surface area contributed by atoms with E-state index in [1.54, 1.807) is 12.1 Å². The molecule has 0 aliphatic rings. The van der Waals surface area contributed by atoms with Crippen LogP contribution in [0.2, 0.25) is 0 Å². The zero-order valence-electron chi connectivity index (χ0n) is 16.8. The molecule has 0 saturated carbocycles. The molecule has 0 saturated heterocycles. The van der Waals surface area contributed by atoms with E-state index in [0.717, 1.165) is 16.7 Å². The van der Waals surface area contributed by atoms with Crippen molar-refractivity contribution in [2.45, 2.75) is 44.9 Å². The third-order valence-electron chi connectivity index (χ3n) is 4.64. The van der Waals surface area contributed by atoms with Crippen LogP contribution in [-0.2, 0) is 22.4 Å². The molecule has 162 valence electrons. The van der Waals surface area contributed by atoms with Crippen LogP contribution in [0.4, 0.5) is 0 Å². The molecule has 0 spiro atoms. The van der Waals surface area contributed by atoms with Gasteiger partial charge in [0.1, 0.15) is 11.5 Å². The van der Waals surface area contributed by atoms with Crippen LogP contribution in [-0.4, -0.2) is 39.7 Å². The van der Waals surface area contributed by atoms with Crippen LogP contribution in [0.25, 0.3) is 11.1 Å². The Labute approximate surface area is 181 Å². The Kier molecular flexibility index (Phi) is 9.48. The Hall–Kier alpha value is -2.73. The number of carboxylic acid groups (broad SMARTS) is 2. The van der Waals surface area contributed by atoms with Crippen molar-refractivity contribution in [2.75, 3.05) is 12.5 Å². The maximum Gasteiger partial charge on any atom is 0.303 e. The summed E-state index contributed by atoms with van der Waals surface area (Å²) < 4.78 is 5.87. The largest absolute Gasteiger partial charge is 0.507 e. The molecule has 6 nitrogen and oxygen atoms in total. The Bertz CT molecular complexity index is 865. The van der Waals surface area contributed by atoms with Crippen molar-refractivity contribution >= 4 is 23.5 Å². The van der Waals surface area contributed by atoms with Gasteiger partial charge in [-0.25, -0.2) is 0 Å². The van der Waals surface area contributed by atoms with E-state index in [9.17, 15) is 14.7 Å². The van der Waals surface area contributed by atoms with Gasteiger partial charge < -0.3 is 20.1 Å². The summed E-state index contributed by atoms with van der Waals surface area (Å²) in [5.74, 6) is -0.477. The average molecular weight is 435 g/mol. The molecule has 2 aromatic rings. The first-order valence-corrected chi connectivity index (χ1v) is 10.5. The molecule has 2 aromatic carbocycles. The van der Waals surface area contributed by atoms with Gasteiger partial charge in [0.2, 0.25) is 0 Å². The van der Waals surface area contributed by atoms with Gasteiger partial charge in [-0.15, -0.1) is 11.6 Å². The van der Waals surface area contributed by atoms with Crippen LogP contribution < -0.4 is 4.74 Å². The fraction of sp³-hybridized carbons (Fsp3) is 0.391. The minimum atomic E-state index is -0.835. The highest BCUT2D eigenvalue weighted by Gasteiger charge is 2.14. The fourth-order valence-electron chi connectivity index (χ4n) is 3.15. The van der Waals surface area contributed by atoms with Gasteiger partial charge >= 0.3 is 11.9 Å². The third kappa shape index (κ3) is 7.59. The van der Waals surface area contributed by atoms with Gasteiger partial charge in [0.05, 0.1) is 6.61 Å². The van der Waals surface area contributed by atoms with Crippen molar-refractivity contribution in [2.24, 2.45) is 0 Å². The maximum atomic E-state index is 10.8. The molecule has 0 unspecified atom stereocenters. The Morgan fingerprint density at radius 1 is 0.833 bits per heavy atom. The molecule has 0 aliphatic heterocycles. The second kappa shape index (κ2) is 12.1. The predicted octanol–water partition coefficient (Wildman–Crippen LogP) is 4.88. The van der Waals surface area contributed by atoms with Gasteiger partial charge in [-0.05, 0) is 67.5 Å². The molecule has 0 atom stereocenters. The number of aromatic hydroxyl groups is 1. The molecule has 0 heterocycles. The summed E-state index contributed by atoms with van der Waals surface area (Å²) in [5.41, 5.74) is 3.19. The van der Waals surface area contributed by atoms with Crippen LogP contribution in [0.3, 0.4) is 0 Å². The molecule has 2 rings (SSSR count). The van der Waals surface area contributed by atoms with Gasteiger partial charge in [0.25, 0.3) is 0 Å². The number of benzene rings is 2. The summed E-state index contributed by atoms with van der Waals surface area (Å²) in [6, 6.07) is 10.9. The number of halogens is 1. The zero-order chi connectivity index (χ0) is 21.9. The van der Waals surface area contributed by atoms with Crippen molar-refractivity contribution < 1.29 is 29.6 Å². The second-order valence-corrected chi connectivity index (χ2v) is 7.45. The summed E-state index contributed by atoms with van der Waals surface area (Å²) >= 11 is 5.74. The van der Waals surface area contributed by atoms with Crippen molar-refractivity contribution in [1.82, 2.24) is 0 Å². The molecule has 7 heteroatoms. The number of phenolic OH excluding ortho intramolecular Hbond substituents is 1. The zero-order valence-corrected chi connectivity index (χ0v) is 17.5. The van der Waals surface area contributed by atoms with Gasteiger partial charge in [-0.1, -0.05) is 12.1 Å². The van der Waals surface area contributed by atoms with Crippen molar-refractivity contribution in [1.29, 1.82) is 0 Å². The SMILES string of the molecule is O=C(O)CCCc1ccc(O)c(-c2cc(CCCC(=O)O)ccc2OCCCCl)c1. The first kappa shape index (κ1) is 23.5. The predicted molar refractivity (Wildman–Crippen MR) is 116 cm³/mol. The van der Waals surface area contributed by atoms with Gasteiger partial charge in [-0.2, -0.15) is 0 Å². The standard InChI is InChI=1S/C23H27ClO6/c24-12-3-13-30-21-11-9-17(5-2-7-23(28)29)15-19(21)18-14-16(8-10-20(18)25)4-1-6-22(26)27/h8-11,14-15,25H,1-7,12-13H2,(H,26,27)(H,28,29). The summed E-state index contributed by atoms with van der Waals surface area (Å²) in [5, 5.41) is 28.2. The minimum Gasteiger partial charge on any atom is -0.507 e. The Morgan fingerprint density at radius 2 is 1.40 bits per heavy atom. The van der Waals surface area contributed by atoms with Crippen LogP contribution in [0.15, 0.2) is 36.4 Å². The monoisotopic (exact) mass is 434 g/mol. The van der Waals surface area contributed by atoms with E-state index in [-0.39, 0.29) is 18.6 Å². The van der Waals surface area contributed by atoms with Crippen LogP contribution >= 0.6 is 11.6 Å².